The van der Waals surface area contributed by atoms with Gasteiger partial charge in [0.2, 0.25) is 0 Å². The van der Waals surface area contributed by atoms with Gasteiger partial charge < -0.3 is 4.52 Å². The van der Waals surface area contributed by atoms with Crippen molar-refractivity contribution >= 4 is 10.9 Å². The van der Waals surface area contributed by atoms with Crippen LogP contribution in [0.3, 0.4) is 0 Å². The molecule has 1 aromatic carbocycles. The van der Waals surface area contributed by atoms with Gasteiger partial charge in [-0.15, -0.1) is 0 Å². The third-order valence-corrected chi connectivity index (χ3v) is 3.99. The third kappa shape index (κ3) is 2.97. The first kappa shape index (κ1) is 15.3. The SMILES string of the molecule is Cc1cc(CCCCn2c(=O)c3ccccc3n(C)c2=O)on1. The summed E-state index contributed by atoms with van der Waals surface area (Å²) in [7, 11) is 1.69. The fraction of sp³-hybridized carbons (Fsp3) is 0.353. The summed E-state index contributed by atoms with van der Waals surface area (Å²) < 4.78 is 7.99. The molecule has 3 aromatic rings. The zero-order valence-electron chi connectivity index (χ0n) is 13.3. The second-order valence-electron chi connectivity index (χ2n) is 5.71. The van der Waals surface area contributed by atoms with Gasteiger partial charge in [-0.05, 0) is 31.9 Å². The summed E-state index contributed by atoms with van der Waals surface area (Å²) >= 11 is 0. The van der Waals surface area contributed by atoms with Crippen LogP contribution in [0.2, 0.25) is 0 Å². The molecule has 0 fully saturated rings. The average molecular weight is 313 g/mol. The van der Waals surface area contributed by atoms with E-state index >= 15 is 0 Å². The van der Waals surface area contributed by atoms with Gasteiger partial charge in [0, 0.05) is 26.1 Å². The van der Waals surface area contributed by atoms with Crippen LogP contribution in [0.5, 0.6) is 0 Å². The predicted octanol–water partition coefficient (Wildman–Crippen LogP) is 2.02. The molecule has 0 spiro atoms. The number of rotatable bonds is 5. The molecule has 0 radical (unpaired) electrons. The van der Waals surface area contributed by atoms with Crippen LogP contribution < -0.4 is 11.2 Å². The minimum absolute atomic E-state index is 0.223. The van der Waals surface area contributed by atoms with Gasteiger partial charge in [-0.25, -0.2) is 4.79 Å². The molecular weight excluding hydrogens is 294 g/mol. The number of fused-ring (bicyclic) bond motifs is 1. The quantitative estimate of drug-likeness (QED) is 0.676. The van der Waals surface area contributed by atoms with Crippen LogP contribution in [0.4, 0.5) is 0 Å². The van der Waals surface area contributed by atoms with Crippen molar-refractivity contribution in [3.63, 3.8) is 0 Å². The topological polar surface area (TPSA) is 70.0 Å². The minimum Gasteiger partial charge on any atom is -0.361 e. The Kier molecular flexibility index (Phi) is 4.14. The highest BCUT2D eigenvalue weighted by Crippen LogP contribution is 2.08. The van der Waals surface area contributed by atoms with Crippen molar-refractivity contribution in [1.29, 1.82) is 0 Å². The van der Waals surface area contributed by atoms with Crippen molar-refractivity contribution in [3.8, 4) is 0 Å². The normalized spacial score (nSPS) is 11.2. The van der Waals surface area contributed by atoms with Crippen molar-refractivity contribution in [2.45, 2.75) is 32.7 Å². The molecule has 0 unspecified atom stereocenters. The van der Waals surface area contributed by atoms with E-state index in [1.807, 2.05) is 25.1 Å². The van der Waals surface area contributed by atoms with Gasteiger partial charge >= 0.3 is 5.69 Å². The van der Waals surface area contributed by atoms with E-state index in [2.05, 4.69) is 5.16 Å². The Hall–Kier alpha value is -2.63. The molecule has 120 valence electrons. The number of aromatic nitrogens is 3. The van der Waals surface area contributed by atoms with Crippen molar-refractivity contribution in [3.05, 3.63) is 62.6 Å². The molecule has 3 rings (SSSR count). The molecule has 6 heteroatoms. The standard InChI is InChI=1S/C17H19N3O3/c1-12-11-13(23-18-12)7-5-6-10-20-16(21)14-8-3-4-9-15(14)19(2)17(20)22/h3-4,8-9,11H,5-7,10H2,1-2H3. The van der Waals surface area contributed by atoms with Crippen molar-refractivity contribution in [2.24, 2.45) is 7.05 Å². The Morgan fingerprint density at radius 3 is 2.70 bits per heavy atom. The fourth-order valence-corrected chi connectivity index (χ4v) is 2.76. The van der Waals surface area contributed by atoms with Gasteiger partial charge in [-0.1, -0.05) is 17.3 Å². The maximum atomic E-state index is 12.5. The van der Waals surface area contributed by atoms with Crippen LogP contribution in [0.25, 0.3) is 10.9 Å². The Bertz CT molecular complexity index is 950. The summed E-state index contributed by atoms with van der Waals surface area (Å²) in [4.78, 5) is 24.9. The molecule has 0 aliphatic heterocycles. The Labute approximate surface area is 133 Å². The third-order valence-electron chi connectivity index (χ3n) is 3.99. The number of aryl methyl sites for hydroxylation is 3. The highest BCUT2D eigenvalue weighted by atomic mass is 16.5. The number of unbranched alkanes of at least 4 members (excludes halogenated alkanes) is 1. The molecule has 23 heavy (non-hydrogen) atoms. The monoisotopic (exact) mass is 313 g/mol. The lowest BCUT2D eigenvalue weighted by Gasteiger charge is -2.10. The Balaban J connectivity index is 1.78. The van der Waals surface area contributed by atoms with Gasteiger partial charge in [0.1, 0.15) is 5.76 Å². The summed E-state index contributed by atoms with van der Waals surface area (Å²) in [5.41, 5.74) is 1.03. The maximum Gasteiger partial charge on any atom is 0.331 e. The molecular formula is C17H19N3O3. The summed E-state index contributed by atoms with van der Waals surface area (Å²) in [5, 5.41) is 4.41. The molecule has 0 saturated heterocycles. The fourth-order valence-electron chi connectivity index (χ4n) is 2.76. The molecule has 0 saturated carbocycles. The summed E-state index contributed by atoms with van der Waals surface area (Å²) in [6.45, 7) is 2.29. The van der Waals surface area contributed by atoms with Gasteiger partial charge in [0.15, 0.2) is 0 Å². The summed E-state index contributed by atoms with van der Waals surface area (Å²) in [6.07, 6.45) is 2.31. The van der Waals surface area contributed by atoms with Crippen LogP contribution in [-0.2, 0) is 20.0 Å². The number of para-hydroxylation sites is 1. The Morgan fingerprint density at radius 2 is 1.96 bits per heavy atom. The highest BCUT2D eigenvalue weighted by molar-refractivity contribution is 5.77. The van der Waals surface area contributed by atoms with Crippen LogP contribution in [-0.4, -0.2) is 14.3 Å². The first-order valence-corrected chi connectivity index (χ1v) is 7.68. The zero-order chi connectivity index (χ0) is 16.4. The first-order valence-electron chi connectivity index (χ1n) is 7.68. The summed E-state index contributed by atoms with van der Waals surface area (Å²) in [5.74, 6) is 0.835. The molecule has 6 nitrogen and oxygen atoms in total. The first-order chi connectivity index (χ1) is 11.1. The van der Waals surface area contributed by atoms with Gasteiger partial charge in [0.25, 0.3) is 5.56 Å². The van der Waals surface area contributed by atoms with Crippen LogP contribution in [0, 0.1) is 6.92 Å². The lowest BCUT2D eigenvalue weighted by atomic mass is 10.2. The van der Waals surface area contributed by atoms with E-state index < -0.39 is 0 Å². The van der Waals surface area contributed by atoms with Crippen molar-refractivity contribution in [1.82, 2.24) is 14.3 Å². The maximum absolute atomic E-state index is 12.5. The number of nitrogens with zero attached hydrogens (tertiary/aromatic N) is 3. The second kappa shape index (κ2) is 6.24. The Morgan fingerprint density at radius 1 is 1.17 bits per heavy atom. The number of hydrogen-bond donors (Lipinski definition) is 0. The van der Waals surface area contributed by atoms with E-state index in [4.69, 9.17) is 4.52 Å². The number of hydrogen-bond acceptors (Lipinski definition) is 4. The van der Waals surface area contributed by atoms with Crippen molar-refractivity contribution < 1.29 is 4.52 Å². The lowest BCUT2D eigenvalue weighted by molar-refractivity contribution is 0.374. The van der Waals surface area contributed by atoms with Crippen molar-refractivity contribution in [2.75, 3.05) is 0 Å². The van der Waals surface area contributed by atoms with E-state index in [9.17, 15) is 9.59 Å². The van der Waals surface area contributed by atoms with E-state index in [-0.39, 0.29) is 11.2 Å². The number of benzene rings is 1. The minimum atomic E-state index is -0.274. The summed E-state index contributed by atoms with van der Waals surface area (Å²) in [6, 6.07) is 9.08. The molecule has 0 amide bonds. The molecule has 0 atom stereocenters. The molecule has 0 bridgehead atoms. The molecule has 0 aliphatic carbocycles. The lowest BCUT2D eigenvalue weighted by Crippen LogP contribution is -2.39. The van der Waals surface area contributed by atoms with Gasteiger partial charge in [-0.3, -0.25) is 13.9 Å². The molecule has 2 heterocycles. The van der Waals surface area contributed by atoms with E-state index in [1.54, 1.807) is 19.2 Å². The molecule has 0 aliphatic rings. The van der Waals surface area contributed by atoms with Crippen LogP contribution >= 0.6 is 0 Å². The van der Waals surface area contributed by atoms with Crippen LogP contribution in [0.1, 0.15) is 24.3 Å². The zero-order valence-corrected chi connectivity index (χ0v) is 13.3. The largest absolute Gasteiger partial charge is 0.361 e. The van der Waals surface area contributed by atoms with E-state index in [1.165, 1.54) is 9.13 Å². The second-order valence-corrected chi connectivity index (χ2v) is 5.71. The average Bonchev–Trinajstić information content (AvgIpc) is 2.97. The van der Waals surface area contributed by atoms with Gasteiger partial charge in [0.05, 0.1) is 16.6 Å². The van der Waals surface area contributed by atoms with E-state index in [0.29, 0.717) is 17.4 Å². The van der Waals surface area contributed by atoms with E-state index in [0.717, 1.165) is 30.7 Å². The van der Waals surface area contributed by atoms with Crippen LogP contribution in [0.15, 0.2) is 44.4 Å². The molecule has 2 aromatic heterocycles. The molecule has 0 N–H and O–H groups in total. The van der Waals surface area contributed by atoms with Gasteiger partial charge in [-0.2, -0.15) is 0 Å². The predicted molar refractivity (Wildman–Crippen MR) is 87.6 cm³/mol. The highest BCUT2D eigenvalue weighted by Gasteiger charge is 2.10. The smallest absolute Gasteiger partial charge is 0.331 e.